The van der Waals surface area contributed by atoms with Gasteiger partial charge in [0.05, 0.1) is 11.3 Å². The molecule has 0 atom stereocenters. The Kier molecular flexibility index (Phi) is 9.73. The van der Waals surface area contributed by atoms with Crippen LogP contribution in [0.25, 0.3) is 0 Å². The number of alkyl halides is 3. The lowest BCUT2D eigenvalue weighted by Gasteiger charge is -2.33. The smallest absolute Gasteiger partial charge is 0.349 e. The van der Waals surface area contributed by atoms with E-state index >= 15 is 0 Å². The zero-order valence-corrected chi connectivity index (χ0v) is 19.8. The average Bonchev–Trinajstić information content (AvgIpc) is 2.74. The van der Waals surface area contributed by atoms with Gasteiger partial charge in [-0.05, 0) is 44.1 Å². The molecule has 0 saturated heterocycles. The second-order valence-electron chi connectivity index (χ2n) is 7.90. The van der Waals surface area contributed by atoms with E-state index in [1.807, 2.05) is 36.9 Å². The molecule has 174 valence electrons. The van der Waals surface area contributed by atoms with Crippen molar-refractivity contribution in [2.45, 2.75) is 56.5 Å². The first-order valence-electron chi connectivity index (χ1n) is 10.8. The number of benzene rings is 1. The average molecular weight is 465 g/mol. The molecular formula is C25H31F3N2OS. The van der Waals surface area contributed by atoms with Crippen LogP contribution in [0.5, 0.6) is 0 Å². The number of nitrogens with zero attached hydrogens (tertiary/aromatic N) is 2. The first-order valence-corrected chi connectivity index (χ1v) is 11.6. The zero-order valence-electron chi connectivity index (χ0n) is 19.0. The van der Waals surface area contributed by atoms with Gasteiger partial charge in [0.15, 0.2) is 0 Å². The van der Waals surface area contributed by atoms with Gasteiger partial charge in [-0.1, -0.05) is 49.7 Å². The summed E-state index contributed by atoms with van der Waals surface area (Å²) in [6, 6.07) is 7.95. The molecule has 0 radical (unpaired) electrons. The standard InChI is InChI=1S/C25H31F3N2OS/c1-5-20(25(26,27)28)16-17-22-19(2)30(21-13-10-11-14-23(21)32-22)18-12-8-6-7-9-15-24(31)29(3)4/h10-11,13-14,16-17H,1,6-9,12,15,18H2,2-4H3. The molecule has 1 amide bonds. The maximum Gasteiger partial charge on any atom is 0.423 e. The van der Waals surface area contributed by atoms with Crippen LogP contribution < -0.4 is 4.90 Å². The normalized spacial score (nSPS) is 13.9. The molecule has 2 rings (SSSR count). The van der Waals surface area contributed by atoms with Crippen LogP contribution in [0.15, 0.2) is 69.8 Å². The van der Waals surface area contributed by atoms with E-state index in [2.05, 4.69) is 11.5 Å². The molecule has 1 aliphatic rings. The van der Waals surface area contributed by atoms with E-state index in [1.165, 1.54) is 17.8 Å². The van der Waals surface area contributed by atoms with Gasteiger partial charge < -0.3 is 9.80 Å². The summed E-state index contributed by atoms with van der Waals surface area (Å²) in [4.78, 5) is 17.2. The monoisotopic (exact) mass is 464 g/mol. The van der Waals surface area contributed by atoms with Crippen molar-refractivity contribution in [1.29, 1.82) is 0 Å². The number of anilines is 1. The molecular weight excluding hydrogens is 433 g/mol. The lowest BCUT2D eigenvalue weighted by Crippen LogP contribution is -2.25. The second kappa shape index (κ2) is 12.0. The molecule has 1 heterocycles. The van der Waals surface area contributed by atoms with E-state index in [0.717, 1.165) is 65.9 Å². The third kappa shape index (κ3) is 7.35. The minimum absolute atomic E-state index is 0.161. The molecule has 0 unspecified atom stereocenters. The Hall–Kier alpha value is -2.37. The van der Waals surface area contributed by atoms with Crippen molar-refractivity contribution < 1.29 is 18.0 Å². The Morgan fingerprint density at radius 1 is 1.16 bits per heavy atom. The van der Waals surface area contributed by atoms with E-state index < -0.39 is 11.7 Å². The highest BCUT2D eigenvalue weighted by atomic mass is 32.2. The van der Waals surface area contributed by atoms with E-state index in [-0.39, 0.29) is 5.91 Å². The number of amides is 1. The Bertz CT molecular complexity index is 912. The van der Waals surface area contributed by atoms with Gasteiger partial charge in [0.25, 0.3) is 0 Å². The van der Waals surface area contributed by atoms with Gasteiger partial charge in [-0.3, -0.25) is 4.79 Å². The number of thioether (sulfide) groups is 1. The number of carbonyl (C=O) groups excluding carboxylic acids is 1. The van der Waals surface area contributed by atoms with E-state index in [9.17, 15) is 18.0 Å². The van der Waals surface area contributed by atoms with Crippen LogP contribution in [0.1, 0.15) is 45.4 Å². The molecule has 0 aliphatic carbocycles. The molecule has 7 heteroatoms. The van der Waals surface area contributed by atoms with Crippen LogP contribution in [0.4, 0.5) is 18.9 Å². The SMILES string of the molecule is C=C=C(C=CC1=C(C)N(CCCCCCCC(=O)N(C)C)c2ccccc2S1)C(F)(F)F. The number of unbranched alkanes of at least 4 members (excludes halogenated alkanes) is 4. The van der Waals surface area contributed by atoms with Crippen molar-refractivity contribution in [3.05, 3.63) is 64.9 Å². The van der Waals surface area contributed by atoms with E-state index in [1.54, 1.807) is 19.0 Å². The summed E-state index contributed by atoms with van der Waals surface area (Å²) < 4.78 is 39.1. The fourth-order valence-corrected chi connectivity index (χ4v) is 4.49. The maximum absolute atomic E-state index is 13.0. The summed E-state index contributed by atoms with van der Waals surface area (Å²) in [6.45, 7) is 5.90. The Balaban J connectivity index is 2.01. The molecule has 1 aliphatic heterocycles. The summed E-state index contributed by atoms with van der Waals surface area (Å²) in [7, 11) is 3.54. The fraction of sp³-hybridized carbons (Fsp3) is 0.440. The van der Waals surface area contributed by atoms with Crippen LogP contribution in [0, 0.1) is 0 Å². The van der Waals surface area contributed by atoms with Crippen molar-refractivity contribution in [3.8, 4) is 0 Å². The Morgan fingerprint density at radius 3 is 2.47 bits per heavy atom. The van der Waals surface area contributed by atoms with Crippen LogP contribution in [-0.2, 0) is 4.79 Å². The molecule has 1 aromatic rings. The number of allylic oxidation sites excluding steroid dienone is 4. The predicted octanol–water partition coefficient (Wildman–Crippen LogP) is 7.09. The number of rotatable bonds is 10. The van der Waals surface area contributed by atoms with E-state index in [0.29, 0.717) is 6.42 Å². The molecule has 32 heavy (non-hydrogen) atoms. The third-order valence-corrected chi connectivity index (χ3v) is 6.52. The number of hydrogen-bond acceptors (Lipinski definition) is 3. The Labute approximate surface area is 193 Å². The zero-order chi connectivity index (χ0) is 23.7. The molecule has 3 nitrogen and oxygen atoms in total. The highest BCUT2D eigenvalue weighted by molar-refractivity contribution is 8.03. The fourth-order valence-electron chi connectivity index (χ4n) is 3.43. The highest BCUT2D eigenvalue weighted by Crippen LogP contribution is 2.44. The van der Waals surface area contributed by atoms with Crippen LogP contribution in [0.3, 0.4) is 0 Å². The van der Waals surface area contributed by atoms with Gasteiger partial charge in [-0.2, -0.15) is 13.2 Å². The molecule has 0 saturated carbocycles. The predicted molar refractivity (Wildman–Crippen MR) is 127 cm³/mol. The summed E-state index contributed by atoms with van der Waals surface area (Å²) in [5, 5.41) is 0. The molecule has 1 aromatic carbocycles. The number of fused-ring (bicyclic) bond motifs is 1. The van der Waals surface area contributed by atoms with Gasteiger partial charge in [0.1, 0.15) is 0 Å². The minimum atomic E-state index is -4.47. The number of para-hydroxylation sites is 1. The van der Waals surface area contributed by atoms with Crippen LogP contribution in [-0.4, -0.2) is 37.6 Å². The van der Waals surface area contributed by atoms with Gasteiger partial charge >= 0.3 is 6.18 Å². The molecule has 0 fully saturated rings. The van der Waals surface area contributed by atoms with Crippen molar-refractivity contribution in [1.82, 2.24) is 4.90 Å². The lowest BCUT2D eigenvalue weighted by atomic mass is 10.1. The first kappa shape index (κ1) is 25.9. The summed E-state index contributed by atoms with van der Waals surface area (Å²) in [6.07, 6.45) is 3.63. The largest absolute Gasteiger partial charge is 0.423 e. The van der Waals surface area contributed by atoms with Gasteiger partial charge in [-0.25, -0.2) is 0 Å². The summed E-state index contributed by atoms with van der Waals surface area (Å²) >= 11 is 1.47. The third-order valence-electron chi connectivity index (χ3n) is 5.31. The maximum atomic E-state index is 13.0. The summed E-state index contributed by atoms with van der Waals surface area (Å²) in [5.41, 5.74) is 3.13. The van der Waals surface area contributed by atoms with Crippen LogP contribution >= 0.6 is 11.8 Å². The minimum Gasteiger partial charge on any atom is -0.349 e. The molecule has 0 aromatic heterocycles. The van der Waals surface area contributed by atoms with Crippen molar-refractivity contribution >= 4 is 23.4 Å². The highest BCUT2D eigenvalue weighted by Gasteiger charge is 2.32. The topological polar surface area (TPSA) is 23.6 Å². The van der Waals surface area contributed by atoms with E-state index in [4.69, 9.17) is 0 Å². The van der Waals surface area contributed by atoms with Crippen molar-refractivity contribution in [2.24, 2.45) is 0 Å². The Morgan fingerprint density at radius 2 is 1.81 bits per heavy atom. The quantitative estimate of drug-likeness (QED) is 0.210. The van der Waals surface area contributed by atoms with Crippen molar-refractivity contribution in [3.63, 3.8) is 0 Å². The molecule has 0 spiro atoms. The van der Waals surface area contributed by atoms with Gasteiger partial charge in [0.2, 0.25) is 5.91 Å². The summed E-state index contributed by atoms with van der Waals surface area (Å²) in [5.74, 6) is 0.161. The molecule has 0 bridgehead atoms. The van der Waals surface area contributed by atoms with Crippen molar-refractivity contribution in [2.75, 3.05) is 25.5 Å². The van der Waals surface area contributed by atoms with Crippen LogP contribution in [0.2, 0.25) is 0 Å². The number of hydrogen-bond donors (Lipinski definition) is 0. The first-order chi connectivity index (χ1) is 15.1. The lowest BCUT2D eigenvalue weighted by molar-refractivity contribution is -0.128. The number of halogens is 3. The van der Waals surface area contributed by atoms with Gasteiger partial charge in [0, 0.05) is 42.6 Å². The second-order valence-corrected chi connectivity index (χ2v) is 8.98. The number of carbonyl (C=O) groups is 1. The van der Waals surface area contributed by atoms with Gasteiger partial charge in [-0.15, -0.1) is 5.73 Å². The molecule has 0 N–H and O–H groups in total.